The standard InChI is InChI=1S/C25H32N4O2S2/c1-26(2)20-11-7-9-18(13-20)24(32)28(5)16-22(30)15-23(31)17-29(6)25(33)19-10-8-12-21(14-19)27(3)4/h7-14H,15-17H2,1-6H3. The van der Waals surface area contributed by atoms with Crippen molar-refractivity contribution in [3.8, 4) is 0 Å². The summed E-state index contributed by atoms with van der Waals surface area (Å²) in [5.41, 5.74) is 3.78. The molecule has 0 spiro atoms. The van der Waals surface area contributed by atoms with Crippen LogP contribution in [-0.2, 0) is 9.59 Å². The Bertz CT molecular complexity index is 955. The van der Waals surface area contributed by atoms with Crippen molar-refractivity contribution in [3.63, 3.8) is 0 Å². The summed E-state index contributed by atoms with van der Waals surface area (Å²) < 4.78 is 0. The van der Waals surface area contributed by atoms with Crippen molar-refractivity contribution < 1.29 is 9.59 Å². The third-order valence-corrected chi connectivity index (χ3v) is 6.23. The summed E-state index contributed by atoms with van der Waals surface area (Å²) in [7, 11) is 11.4. The lowest BCUT2D eigenvalue weighted by Gasteiger charge is -2.22. The van der Waals surface area contributed by atoms with Gasteiger partial charge in [0, 0.05) is 64.8 Å². The van der Waals surface area contributed by atoms with Gasteiger partial charge in [-0.15, -0.1) is 0 Å². The van der Waals surface area contributed by atoms with Crippen LogP contribution in [0.15, 0.2) is 48.5 Å². The van der Waals surface area contributed by atoms with Gasteiger partial charge < -0.3 is 19.6 Å². The molecule has 0 saturated carbocycles. The van der Waals surface area contributed by atoms with Crippen LogP contribution in [0, 0.1) is 0 Å². The minimum Gasteiger partial charge on any atom is -0.378 e. The van der Waals surface area contributed by atoms with Crippen LogP contribution in [0.1, 0.15) is 17.5 Å². The lowest BCUT2D eigenvalue weighted by molar-refractivity contribution is -0.127. The third-order valence-electron chi connectivity index (χ3n) is 5.13. The normalized spacial score (nSPS) is 10.4. The molecule has 0 unspecified atom stereocenters. The topological polar surface area (TPSA) is 47.1 Å². The molecule has 2 rings (SSSR count). The minimum absolute atomic E-state index is 0.0792. The Labute approximate surface area is 207 Å². The quantitative estimate of drug-likeness (QED) is 0.376. The van der Waals surface area contributed by atoms with E-state index in [0.29, 0.717) is 9.98 Å². The summed E-state index contributed by atoms with van der Waals surface area (Å²) >= 11 is 11.1. The summed E-state index contributed by atoms with van der Waals surface area (Å²) in [5.74, 6) is -0.356. The fourth-order valence-electron chi connectivity index (χ4n) is 3.28. The number of rotatable bonds is 10. The van der Waals surface area contributed by atoms with Gasteiger partial charge in [0.25, 0.3) is 0 Å². The molecule has 2 aromatic rings. The summed E-state index contributed by atoms with van der Waals surface area (Å²) in [6.07, 6.45) is -0.157. The number of hydrogen-bond acceptors (Lipinski definition) is 6. The molecule has 0 aliphatic carbocycles. The van der Waals surface area contributed by atoms with Crippen molar-refractivity contribution in [3.05, 3.63) is 59.7 Å². The van der Waals surface area contributed by atoms with Crippen LogP contribution in [0.25, 0.3) is 0 Å². The van der Waals surface area contributed by atoms with Crippen molar-refractivity contribution in [1.82, 2.24) is 9.80 Å². The molecule has 0 aliphatic rings. The van der Waals surface area contributed by atoms with Gasteiger partial charge in [0.15, 0.2) is 11.6 Å². The van der Waals surface area contributed by atoms with E-state index >= 15 is 0 Å². The zero-order valence-electron chi connectivity index (χ0n) is 20.2. The van der Waals surface area contributed by atoms with Gasteiger partial charge in [-0.05, 0) is 24.3 Å². The Balaban J connectivity index is 1.91. The number of Topliss-reactive ketones (excluding diaryl/α,β-unsaturated/α-hetero) is 2. The van der Waals surface area contributed by atoms with Gasteiger partial charge in [0.2, 0.25) is 0 Å². The maximum Gasteiger partial charge on any atom is 0.159 e. The molecule has 0 aliphatic heterocycles. The second-order valence-electron chi connectivity index (χ2n) is 8.47. The van der Waals surface area contributed by atoms with E-state index in [1.165, 1.54) is 0 Å². The Morgan fingerprint density at radius 2 is 1.03 bits per heavy atom. The zero-order valence-corrected chi connectivity index (χ0v) is 21.8. The van der Waals surface area contributed by atoms with Crippen molar-refractivity contribution in [2.45, 2.75) is 6.42 Å². The lowest BCUT2D eigenvalue weighted by atomic mass is 10.1. The number of carbonyl (C=O) groups is 2. The van der Waals surface area contributed by atoms with Gasteiger partial charge in [0.1, 0.15) is 9.98 Å². The molecular formula is C25H32N4O2S2. The highest BCUT2D eigenvalue weighted by Crippen LogP contribution is 2.17. The number of thiocarbonyl (C=S) groups is 2. The Morgan fingerprint density at radius 1 is 0.667 bits per heavy atom. The van der Waals surface area contributed by atoms with Crippen LogP contribution in [0.2, 0.25) is 0 Å². The highest BCUT2D eigenvalue weighted by Gasteiger charge is 2.18. The maximum absolute atomic E-state index is 12.5. The molecule has 0 heterocycles. The highest BCUT2D eigenvalue weighted by molar-refractivity contribution is 7.80. The van der Waals surface area contributed by atoms with E-state index in [1.807, 2.05) is 86.5 Å². The Hall–Kier alpha value is -2.84. The van der Waals surface area contributed by atoms with Gasteiger partial charge >= 0.3 is 0 Å². The first-order valence-corrected chi connectivity index (χ1v) is 11.4. The first kappa shape index (κ1) is 26.4. The first-order chi connectivity index (χ1) is 15.5. The largest absolute Gasteiger partial charge is 0.378 e. The summed E-state index contributed by atoms with van der Waals surface area (Å²) in [4.78, 5) is 33.6. The van der Waals surface area contributed by atoms with Crippen LogP contribution in [0.5, 0.6) is 0 Å². The fraction of sp³-hybridized carbons (Fsp3) is 0.360. The second-order valence-corrected chi connectivity index (χ2v) is 9.24. The number of nitrogens with zero attached hydrogens (tertiary/aromatic N) is 4. The van der Waals surface area contributed by atoms with E-state index in [-0.39, 0.29) is 31.1 Å². The van der Waals surface area contributed by atoms with Crippen LogP contribution in [-0.4, -0.2) is 86.7 Å². The predicted octanol–water partition coefficient (Wildman–Crippen LogP) is 3.26. The molecule has 2 aromatic carbocycles. The fourth-order valence-corrected chi connectivity index (χ4v) is 3.66. The molecule has 33 heavy (non-hydrogen) atoms. The molecule has 0 N–H and O–H groups in total. The van der Waals surface area contributed by atoms with Gasteiger partial charge in [-0.3, -0.25) is 9.59 Å². The zero-order chi connectivity index (χ0) is 24.7. The molecule has 0 radical (unpaired) electrons. The predicted molar refractivity (Wildman–Crippen MR) is 145 cm³/mol. The number of carbonyl (C=O) groups excluding carboxylic acids is 2. The van der Waals surface area contributed by atoms with Gasteiger partial charge in [-0.2, -0.15) is 0 Å². The van der Waals surface area contributed by atoms with Crippen molar-refractivity contribution in [1.29, 1.82) is 0 Å². The van der Waals surface area contributed by atoms with E-state index in [4.69, 9.17) is 24.4 Å². The number of hydrogen-bond donors (Lipinski definition) is 0. The SMILES string of the molecule is CN(CC(=O)CC(=O)CN(C)C(=S)c1cccc(N(C)C)c1)C(=S)c1cccc(N(C)C)c1. The molecular weight excluding hydrogens is 452 g/mol. The monoisotopic (exact) mass is 484 g/mol. The molecule has 6 nitrogen and oxygen atoms in total. The number of ketones is 2. The molecule has 0 aromatic heterocycles. The van der Waals surface area contributed by atoms with Crippen molar-refractivity contribution in [2.75, 3.05) is 65.2 Å². The smallest absolute Gasteiger partial charge is 0.159 e. The maximum atomic E-state index is 12.5. The molecule has 8 heteroatoms. The average molecular weight is 485 g/mol. The van der Waals surface area contributed by atoms with Crippen LogP contribution < -0.4 is 9.80 Å². The first-order valence-electron chi connectivity index (χ1n) is 10.6. The molecule has 0 fully saturated rings. The second kappa shape index (κ2) is 11.9. The number of benzene rings is 2. The lowest BCUT2D eigenvalue weighted by Crippen LogP contribution is -2.35. The van der Waals surface area contributed by atoms with Crippen molar-refractivity contribution in [2.24, 2.45) is 0 Å². The van der Waals surface area contributed by atoms with Gasteiger partial charge in [-0.25, -0.2) is 0 Å². The van der Waals surface area contributed by atoms with Crippen LogP contribution in [0.3, 0.4) is 0 Å². The van der Waals surface area contributed by atoms with Gasteiger partial charge in [0.05, 0.1) is 19.5 Å². The van der Waals surface area contributed by atoms with E-state index in [2.05, 4.69) is 0 Å². The van der Waals surface area contributed by atoms with E-state index in [1.54, 1.807) is 23.9 Å². The molecule has 176 valence electrons. The summed E-state index contributed by atoms with van der Waals surface area (Å²) in [6, 6.07) is 15.7. The molecule has 0 bridgehead atoms. The Kier molecular flexibility index (Phi) is 9.49. The average Bonchev–Trinajstić information content (AvgIpc) is 2.77. The van der Waals surface area contributed by atoms with Crippen molar-refractivity contribution >= 4 is 57.4 Å². The Morgan fingerprint density at radius 3 is 1.36 bits per heavy atom. The highest BCUT2D eigenvalue weighted by atomic mass is 32.1. The molecule has 0 amide bonds. The van der Waals surface area contributed by atoms with E-state index < -0.39 is 0 Å². The van der Waals surface area contributed by atoms with E-state index in [0.717, 1.165) is 22.5 Å². The van der Waals surface area contributed by atoms with Crippen LogP contribution >= 0.6 is 24.4 Å². The number of anilines is 2. The third kappa shape index (κ3) is 7.61. The summed E-state index contributed by atoms with van der Waals surface area (Å²) in [6.45, 7) is 0.158. The van der Waals surface area contributed by atoms with E-state index in [9.17, 15) is 9.59 Å². The van der Waals surface area contributed by atoms with Crippen LogP contribution in [0.4, 0.5) is 11.4 Å². The minimum atomic E-state index is -0.178. The molecule has 0 atom stereocenters. The molecule has 0 saturated heterocycles. The number of likely N-dealkylation sites (N-methyl/N-ethyl adjacent to an activating group) is 2. The summed E-state index contributed by atoms with van der Waals surface area (Å²) in [5, 5.41) is 0. The van der Waals surface area contributed by atoms with Gasteiger partial charge in [-0.1, -0.05) is 48.7 Å².